The summed E-state index contributed by atoms with van der Waals surface area (Å²) in [7, 11) is 5.11. The standard InChI is InChI=1S/C15H17N5O2.C8H11FN2.H2/c1-10-16-17-15(11-8-9-19(2)18-11)20(10)14-12(21-3)6-5-7-13(14)22-4;1-6(2)3-8-10-4-7(9)5-11-8;/h5-9H,1-4H3;4-6H,3H2,1-2H3;1H. The number of nitrogens with zero attached hydrogens (tertiary/aromatic N) is 7. The van der Waals surface area contributed by atoms with Crippen LogP contribution in [0.2, 0.25) is 0 Å². The third kappa shape index (κ3) is 5.71. The minimum absolute atomic E-state index is 0. The highest BCUT2D eigenvalue weighted by molar-refractivity contribution is 5.63. The van der Waals surface area contributed by atoms with E-state index in [0.29, 0.717) is 29.1 Å². The second-order valence-corrected chi connectivity index (χ2v) is 7.71. The van der Waals surface area contributed by atoms with Crippen LogP contribution in [-0.2, 0) is 13.5 Å². The third-order valence-electron chi connectivity index (χ3n) is 4.66. The molecule has 4 aromatic rings. The molecule has 0 aliphatic carbocycles. The molecule has 3 aromatic heterocycles. The summed E-state index contributed by atoms with van der Waals surface area (Å²) in [5, 5.41) is 12.8. The molecular weight excluding hydrogens is 425 g/mol. The molecule has 0 spiro atoms. The van der Waals surface area contributed by atoms with Crippen LogP contribution in [0, 0.1) is 18.7 Å². The zero-order chi connectivity index (χ0) is 24.0. The lowest BCUT2D eigenvalue weighted by molar-refractivity contribution is 0.391. The first-order valence-corrected chi connectivity index (χ1v) is 10.4. The normalized spacial score (nSPS) is 10.7. The Morgan fingerprint density at radius 2 is 1.67 bits per heavy atom. The molecule has 0 radical (unpaired) electrons. The van der Waals surface area contributed by atoms with Crippen molar-refractivity contribution in [1.29, 1.82) is 0 Å². The van der Waals surface area contributed by atoms with Crippen LogP contribution in [0.4, 0.5) is 4.39 Å². The average Bonchev–Trinajstić information content (AvgIpc) is 3.40. The summed E-state index contributed by atoms with van der Waals surface area (Å²) in [4.78, 5) is 7.66. The summed E-state index contributed by atoms with van der Waals surface area (Å²) in [5.74, 6) is 3.57. The number of hydrogen-bond acceptors (Lipinski definition) is 7. The Hall–Kier alpha value is -3.82. The second-order valence-electron chi connectivity index (χ2n) is 7.71. The molecule has 0 N–H and O–H groups in total. The number of aryl methyl sites for hydroxylation is 2. The van der Waals surface area contributed by atoms with E-state index < -0.39 is 0 Å². The molecule has 4 rings (SSSR count). The molecule has 33 heavy (non-hydrogen) atoms. The van der Waals surface area contributed by atoms with Crippen molar-refractivity contribution in [3.05, 3.63) is 60.3 Å². The molecule has 0 bridgehead atoms. The fourth-order valence-corrected chi connectivity index (χ4v) is 3.19. The molecule has 0 aliphatic heterocycles. The van der Waals surface area contributed by atoms with E-state index in [1.807, 2.05) is 49.0 Å². The Kier molecular flexibility index (Phi) is 7.70. The maximum absolute atomic E-state index is 12.3. The van der Waals surface area contributed by atoms with E-state index in [0.717, 1.165) is 23.6 Å². The fraction of sp³-hybridized carbons (Fsp3) is 0.348. The van der Waals surface area contributed by atoms with Gasteiger partial charge in [0.1, 0.15) is 34.5 Å². The van der Waals surface area contributed by atoms with E-state index >= 15 is 0 Å². The van der Waals surface area contributed by atoms with Gasteiger partial charge in [0.2, 0.25) is 0 Å². The molecular formula is C23H30FN7O2. The van der Waals surface area contributed by atoms with Crippen LogP contribution in [0.15, 0.2) is 42.9 Å². The molecule has 3 heterocycles. The van der Waals surface area contributed by atoms with Crippen molar-refractivity contribution in [2.24, 2.45) is 13.0 Å². The van der Waals surface area contributed by atoms with Gasteiger partial charge in [0.25, 0.3) is 0 Å². The van der Waals surface area contributed by atoms with Crippen molar-refractivity contribution in [3.63, 3.8) is 0 Å². The highest BCUT2D eigenvalue weighted by Gasteiger charge is 2.21. The second kappa shape index (κ2) is 10.7. The molecule has 1 aromatic carbocycles. The zero-order valence-corrected chi connectivity index (χ0v) is 19.7. The molecule has 176 valence electrons. The van der Waals surface area contributed by atoms with E-state index in [9.17, 15) is 4.39 Å². The molecule has 0 fully saturated rings. The minimum atomic E-state index is -0.377. The lowest BCUT2D eigenvalue weighted by atomic mass is 10.1. The quantitative estimate of drug-likeness (QED) is 0.433. The predicted molar refractivity (Wildman–Crippen MR) is 124 cm³/mol. The van der Waals surface area contributed by atoms with Crippen LogP contribution >= 0.6 is 0 Å². The highest BCUT2D eigenvalue weighted by atomic mass is 19.1. The fourth-order valence-electron chi connectivity index (χ4n) is 3.19. The van der Waals surface area contributed by atoms with Crippen LogP contribution in [0.1, 0.15) is 26.9 Å². The number of benzene rings is 1. The molecule has 0 atom stereocenters. The van der Waals surface area contributed by atoms with Crippen LogP contribution in [0.3, 0.4) is 0 Å². The topological polar surface area (TPSA) is 92.8 Å². The van der Waals surface area contributed by atoms with Crippen LogP contribution in [-0.4, -0.2) is 48.7 Å². The molecule has 0 unspecified atom stereocenters. The minimum Gasteiger partial charge on any atom is -0.494 e. The van der Waals surface area contributed by atoms with Gasteiger partial charge in [-0.2, -0.15) is 5.10 Å². The Labute approximate surface area is 193 Å². The SMILES string of the molecule is CC(C)Cc1ncc(F)cn1.COc1cccc(OC)c1-n1c(C)nnc1-c1ccn(C)n1.[HH]. The van der Waals surface area contributed by atoms with Crippen molar-refractivity contribution in [2.45, 2.75) is 27.2 Å². The van der Waals surface area contributed by atoms with E-state index in [1.165, 1.54) is 12.4 Å². The van der Waals surface area contributed by atoms with E-state index in [4.69, 9.17) is 9.47 Å². The summed E-state index contributed by atoms with van der Waals surface area (Å²) in [6.45, 7) is 6.03. The summed E-state index contributed by atoms with van der Waals surface area (Å²) in [5.41, 5.74) is 1.49. The maximum Gasteiger partial charge on any atom is 0.189 e. The number of para-hydroxylation sites is 1. The van der Waals surface area contributed by atoms with Crippen molar-refractivity contribution < 1.29 is 15.3 Å². The lowest BCUT2D eigenvalue weighted by Gasteiger charge is -2.15. The van der Waals surface area contributed by atoms with E-state index in [1.54, 1.807) is 18.9 Å². The van der Waals surface area contributed by atoms with Gasteiger partial charge in [-0.1, -0.05) is 19.9 Å². The maximum atomic E-state index is 12.3. The Morgan fingerprint density at radius 3 is 2.18 bits per heavy atom. The Balaban J connectivity index is 0.000000289. The van der Waals surface area contributed by atoms with Gasteiger partial charge in [-0.25, -0.2) is 14.4 Å². The van der Waals surface area contributed by atoms with Crippen LogP contribution < -0.4 is 9.47 Å². The van der Waals surface area contributed by atoms with Crippen molar-refractivity contribution >= 4 is 0 Å². The molecule has 10 heteroatoms. The van der Waals surface area contributed by atoms with Crippen LogP contribution in [0.25, 0.3) is 17.2 Å². The third-order valence-corrected chi connectivity index (χ3v) is 4.66. The van der Waals surface area contributed by atoms with Gasteiger partial charge in [0.05, 0.1) is 26.6 Å². The van der Waals surface area contributed by atoms with Gasteiger partial charge in [-0.3, -0.25) is 9.25 Å². The van der Waals surface area contributed by atoms with E-state index in [2.05, 4.69) is 39.1 Å². The number of rotatable bonds is 6. The zero-order valence-electron chi connectivity index (χ0n) is 19.7. The number of halogens is 1. The Bertz CT molecular complexity index is 1170. The van der Waals surface area contributed by atoms with Crippen molar-refractivity contribution in [3.8, 4) is 28.7 Å². The van der Waals surface area contributed by atoms with Crippen LogP contribution in [0.5, 0.6) is 11.5 Å². The van der Waals surface area contributed by atoms with Gasteiger partial charge in [0.15, 0.2) is 11.6 Å². The first-order chi connectivity index (χ1) is 15.8. The average molecular weight is 456 g/mol. The lowest BCUT2D eigenvalue weighted by Crippen LogP contribution is -2.05. The number of hydrogen-bond donors (Lipinski definition) is 0. The molecule has 0 saturated carbocycles. The molecule has 0 saturated heterocycles. The summed E-state index contributed by atoms with van der Waals surface area (Å²) < 4.78 is 26.9. The first kappa shape index (κ1) is 23.8. The van der Waals surface area contributed by atoms with Gasteiger partial charge < -0.3 is 9.47 Å². The molecule has 9 nitrogen and oxygen atoms in total. The van der Waals surface area contributed by atoms with E-state index in [-0.39, 0.29) is 7.24 Å². The largest absolute Gasteiger partial charge is 0.494 e. The van der Waals surface area contributed by atoms with Crippen molar-refractivity contribution in [1.82, 2.24) is 34.5 Å². The summed E-state index contributed by atoms with van der Waals surface area (Å²) >= 11 is 0. The molecule has 0 aliphatic rings. The first-order valence-electron chi connectivity index (χ1n) is 10.4. The monoisotopic (exact) mass is 455 g/mol. The Morgan fingerprint density at radius 1 is 1.03 bits per heavy atom. The predicted octanol–water partition coefficient (Wildman–Crippen LogP) is 4.05. The number of ether oxygens (including phenoxy) is 2. The number of methoxy groups -OCH3 is 2. The van der Waals surface area contributed by atoms with Gasteiger partial charge >= 0.3 is 0 Å². The molecule has 0 amide bonds. The van der Waals surface area contributed by atoms with Gasteiger partial charge in [0, 0.05) is 21.1 Å². The summed E-state index contributed by atoms with van der Waals surface area (Å²) in [6.07, 6.45) is 5.07. The van der Waals surface area contributed by atoms with Gasteiger partial charge in [-0.05, 0) is 31.0 Å². The summed E-state index contributed by atoms with van der Waals surface area (Å²) in [6, 6.07) is 7.52. The highest BCUT2D eigenvalue weighted by Crippen LogP contribution is 2.35. The van der Waals surface area contributed by atoms with Gasteiger partial charge in [-0.15, -0.1) is 10.2 Å². The number of aromatic nitrogens is 7. The van der Waals surface area contributed by atoms with Crippen molar-refractivity contribution in [2.75, 3.05) is 14.2 Å². The smallest absolute Gasteiger partial charge is 0.189 e.